The molecule has 2 aliphatic rings. The van der Waals surface area contributed by atoms with Crippen LogP contribution in [0.2, 0.25) is 0 Å². The third kappa shape index (κ3) is 2.12. The van der Waals surface area contributed by atoms with Gasteiger partial charge in [-0.2, -0.15) is 0 Å². The minimum atomic E-state index is 0.619. The van der Waals surface area contributed by atoms with E-state index in [9.17, 15) is 0 Å². The SMILES string of the molecule is CC1CCN(c2ccc3c(n2)CCC3)CC1CN. The van der Waals surface area contributed by atoms with Crippen molar-refractivity contribution in [3.8, 4) is 0 Å². The molecule has 18 heavy (non-hydrogen) atoms. The van der Waals surface area contributed by atoms with Crippen molar-refractivity contribution in [3.63, 3.8) is 0 Å². The Labute approximate surface area is 109 Å². The highest BCUT2D eigenvalue weighted by atomic mass is 15.2. The summed E-state index contributed by atoms with van der Waals surface area (Å²) in [7, 11) is 0. The second kappa shape index (κ2) is 4.88. The average Bonchev–Trinajstić information content (AvgIpc) is 2.86. The molecule has 0 amide bonds. The first-order valence-corrected chi connectivity index (χ1v) is 7.21. The smallest absolute Gasteiger partial charge is 0.128 e. The lowest BCUT2D eigenvalue weighted by Crippen LogP contribution is -2.43. The van der Waals surface area contributed by atoms with Gasteiger partial charge in [0.2, 0.25) is 0 Å². The zero-order valence-corrected chi connectivity index (χ0v) is 11.2. The van der Waals surface area contributed by atoms with Crippen molar-refractivity contribution in [2.45, 2.75) is 32.6 Å². The van der Waals surface area contributed by atoms with Gasteiger partial charge >= 0.3 is 0 Å². The van der Waals surface area contributed by atoms with Gasteiger partial charge in [0, 0.05) is 18.8 Å². The Morgan fingerprint density at radius 3 is 3.11 bits per heavy atom. The Kier molecular flexibility index (Phi) is 3.25. The van der Waals surface area contributed by atoms with Gasteiger partial charge in [-0.3, -0.25) is 0 Å². The molecule has 0 aromatic carbocycles. The van der Waals surface area contributed by atoms with Crippen LogP contribution in [-0.2, 0) is 12.8 Å². The van der Waals surface area contributed by atoms with Crippen LogP contribution in [0.1, 0.15) is 31.0 Å². The van der Waals surface area contributed by atoms with Crippen LogP contribution in [0.25, 0.3) is 0 Å². The highest BCUT2D eigenvalue weighted by Gasteiger charge is 2.26. The first-order chi connectivity index (χ1) is 8.78. The molecular formula is C15H23N3. The molecule has 1 fully saturated rings. The van der Waals surface area contributed by atoms with Crippen LogP contribution in [0.15, 0.2) is 12.1 Å². The van der Waals surface area contributed by atoms with Gasteiger partial charge in [0.15, 0.2) is 0 Å². The summed E-state index contributed by atoms with van der Waals surface area (Å²) >= 11 is 0. The van der Waals surface area contributed by atoms with Gasteiger partial charge < -0.3 is 10.6 Å². The van der Waals surface area contributed by atoms with Gasteiger partial charge in [0.1, 0.15) is 5.82 Å². The minimum Gasteiger partial charge on any atom is -0.356 e. The molecule has 3 heteroatoms. The second-order valence-corrected chi connectivity index (χ2v) is 5.84. The second-order valence-electron chi connectivity index (χ2n) is 5.84. The normalized spacial score (nSPS) is 27.3. The summed E-state index contributed by atoms with van der Waals surface area (Å²) in [6.07, 6.45) is 4.88. The molecule has 1 aliphatic carbocycles. The zero-order chi connectivity index (χ0) is 12.5. The van der Waals surface area contributed by atoms with E-state index in [1.165, 1.54) is 36.3 Å². The maximum atomic E-state index is 5.88. The predicted molar refractivity (Wildman–Crippen MR) is 74.8 cm³/mol. The molecule has 3 rings (SSSR count). The number of aryl methyl sites for hydroxylation is 2. The van der Waals surface area contributed by atoms with Crippen LogP contribution in [0.4, 0.5) is 5.82 Å². The molecule has 1 aliphatic heterocycles. The third-order valence-corrected chi connectivity index (χ3v) is 4.65. The number of nitrogens with two attached hydrogens (primary N) is 1. The Bertz CT molecular complexity index is 430. The van der Waals surface area contributed by atoms with E-state index in [1.54, 1.807) is 0 Å². The lowest BCUT2D eigenvalue weighted by molar-refractivity contribution is 0.307. The molecule has 2 N–H and O–H groups in total. The lowest BCUT2D eigenvalue weighted by atomic mass is 9.87. The fourth-order valence-corrected chi connectivity index (χ4v) is 3.25. The Balaban J connectivity index is 1.78. The van der Waals surface area contributed by atoms with Crippen molar-refractivity contribution in [2.24, 2.45) is 17.6 Å². The van der Waals surface area contributed by atoms with E-state index in [2.05, 4.69) is 24.0 Å². The number of rotatable bonds is 2. The lowest BCUT2D eigenvalue weighted by Gasteiger charge is -2.37. The summed E-state index contributed by atoms with van der Waals surface area (Å²) in [5, 5.41) is 0. The first-order valence-electron chi connectivity index (χ1n) is 7.21. The molecule has 98 valence electrons. The van der Waals surface area contributed by atoms with E-state index < -0.39 is 0 Å². The first kappa shape index (κ1) is 12.0. The van der Waals surface area contributed by atoms with E-state index in [1.807, 2.05) is 0 Å². The number of aromatic nitrogens is 1. The Hall–Kier alpha value is -1.09. The van der Waals surface area contributed by atoms with Crippen molar-refractivity contribution in [3.05, 3.63) is 23.4 Å². The molecule has 1 aromatic heterocycles. The molecule has 0 radical (unpaired) electrons. The molecule has 1 saturated heterocycles. The molecule has 1 aromatic rings. The van der Waals surface area contributed by atoms with Crippen LogP contribution in [-0.4, -0.2) is 24.6 Å². The van der Waals surface area contributed by atoms with E-state index in [-0.39, 0.29) is 0 Å². The van der Waals surface area contributed by atoms with Gasteiger partial charge in [0.25, 0.3) is 0 Å². The van der Waals surface area contributed by atoms with E-state index in [4.69, 9.17) is 10.7 Å². The number of hydrogen-bond donors (Lipinski definition) is 1. The minimum absolute atomic E-state index is 0.619. The number of pyridine rings is 1. The summed E-state index contributed by atoms with van der Waals surface area (Å²) in [4.78, 5) is 7.28. The molecule has 0 bridgehead atoms. The highest BCUT2D eigenvalue weighted by Crippen LogP contribution is 2.28. The highest BCUT2D eigenvalue weighted by molar-refractivity contribution is 5.43. The molecular weight excluding hydrogens is 222 g/mol. The standard InChI is InChI=1S/C15H23N3/c1-11-7-8-18(10-13(11)9-16)15-6-5-12-3-2-4-14(12)17-15/h5-6,11,13H,2-4,7-10,16H2,1H3. The monoisotopic (exact) mass is 245 g/mol. The van der Waals surface area contributed by atoms with E-state index in [0.29, 0.717) is 5.92 Å². The summed E-state index contributed by atoms with van der Waals surface area (Å²) in [6, 6.07) is 4.48. The van der Waals surface area contributed by atoms with E-state index in [0.717, 1.165) is 32.0 Å². The van der Waals surface area contributed by atoms with Crippen molar-refractivity contribution >= 4 is 5.82 Å². The van der Waals surface area contributed by atoms with Crippen LogP contribution in [0.5, 0.6) is 0 Å². The number of hydrogen-bond acceptors (Lipinski definition) is 3. The van der Waals surface area contributed by atoms with Crippen molar-refractivity contribution in [1.82, 2.24) is 4.98 Å². The van der Waals surface area contributed by atoms with Crippen molar-refractivity contribution < 1.29 is 0 Å². The van der Waals surface area contributed by atoms with Crippen LogP contribution < -0.4 is 10.6 Å². The maximum Gasteiger partial charge on any atom is 0.128 e. The average molecular weight is 245 g/mol. The quantitative estimate of drug-likeness (QED) is 0.866. The predicted octanol–water partition coefficient (Wildman–Crippen LogP) is 1.99. The molecule has 2 unspecified atom stereocenters. The largest absolute Gasteiger partial charge is 0.356 e. The fraction of sp³-hybridized carbons (Fsp3) is 0.667. The Morgan fingerprint density at radius 2 is 2.28 bits per heavy atom. The number of nitrogens with zero attached hydrogens (tertiary/aromatic N) is 2. The van der Waals surface area contributed by atoms with Crippen molar-refractivity contribution in [2.75, 3.05) is 24.5 Å². The van der Waals surface area contributed by atoms with Gasteiger partial charge in [0.05, 0.1) is 0 Å². The van der Waals surface area contributed by atoms with Crippen LogP contribution in [0, 0.1) is 11.8 Å². The van der Waals surface area contributed by atoms with Gasteiger partial charge in [-0.05, 0) is 55.7 Å². The molecule has 3 nitrogen and oxygen atoms in total. The van der Waals surface area contributed by atoms with Crippen LogP contribution in [0.3, 0.4) is 0 Å². The maximum absolute atomic E-state index is 5.88. The summed E-state index contributed by atoms with van der Waals surface area (Å²) < 4.78 is 0. The molecule has 2 heterocycles. The number of fused-ring (bicyclic) bond motifs is 1. The molecule has 0 saturated carbocycles. The van der Waals surface area contributed by atoms with Crippen molar-refractivity contribution in [1.29, 1.82) is 0 Å². The Morgan fingerprint density at radius 1 is 1.39 bits per heavy atom. The summed E-state index contributed by atoms with van der Waals surface area (Å²) in [5.74, 6) is 2.54. The third-order valence-electron chi connectivity index (χ3n) is 4.65. The number of piperidine rings is 1. The summed E-state index contributed by atoms with van der Waals surface area (Å²) in [5.41, 5.74) is 8.66. The fourth-order valence-electron chi connectivity index (χ4n) is 3.25. The topological polar surface area (TPSA) is 42.2 Å². The number of anilines is 1. The zero-order valence-electron chi connectivity index (χ0n) is 11.2. The van der Waals surface area contributed by atoms with Gasteiger partial charge in [-0.25, -0.2) is 4.98 Å². The van der Waals surface area contributed by atoms with Gasteiger partial charge in [-0.1, -0.05) is 13.0 Å². The van der Waals surface area contributed by atoms with Gasteiger partial charge in [-0.15, -0.1) is 0 Å². The van der Waals surface area contributed by atoms with E-state index >= 15 is 0 Å². The van der Waals surface area contributed by atoms with Crippen LogP contribution >= 0.6 is 0 Å². The summed E-state index contributed by atoms with van der Waals surface area (Å²) in [6.45, 7) is 5.32. The molecule has 2 atom stereocenters. The molecule has 0 spiro atoms.